The quantitative estimate of drug-likeness (QED) is 0.187. The first-order valence-electron chi connectivity index (χ1n) is 16.2. The van der Waals surface area contributed by atoms with Gasteiger partial charge in [0, 0.05) is 88.6 Å². The van der Waals surface area contributed by atoms with Crippen LogP contribution in [0.3, 0.4) is 0 Å². The van der Waals surface area contributed by atoms with Crippen LogP contribution < -0.4 is 9.84 Å². The second kappa shape index (κ2) is 18.7. The number of hydrogen-bond acceptors (Lipinski definition) is 13. The molecule has 1 N–H and O–H groups in total. The molecule has 2 fully saturated rings. The van der Waals surface area contributed by atoms with E-state index in [0.29, 0.717) is 97.3 Å². The van der Waals surface area contributed by atoms with E-state index in [4.69, 9.17) is 35.1 Å². The second-order valence-corrected chi connectivity index (χ2v) is 13.8. The predicted octanol–water partition coefficient (Wildman–Crippen LogP) is 4.60. The highest BCUT2D eigenvalue weighted by Gasteiger charge is 2.33. The summed E-state index contributed by atoms with van der Waals surface area (Å²) in [6.07, 6.45) is 1.72. The number of carbonyl (C=O) groups is 2. The van der Waals surface area contributed by atoms with E-state index >= 15 is 0 Å². The number of nitrogens with zero attached hydrogens (tertiary/aromatic N) is 4. The topological polar surface area (TPSA) is 105 Å². The number of hydroxylamine groups is 4. The first kappa shape index (κ1) is 36.2. The van der Waals surface area contributed by atoms with Crippen LogP contribution in [0.5, 0.6) is 5.75 Å². The van der Waals surface area contributed by atoms with Crippen molar-refractivity contribution in [1.29, 1.82) is 0 Å². The molecule has 0 saturated carbocycles. The number of rotatable bonds is 17. The first-order chi connectivity index (χ1) is 22.3. The summed E-state index contributed by atoms with van der Waals surface area (Å²) in [5.41, 5.74) is 3.21. The fraction of sp³-hybridized carbons (Fsp3) is 0.562. The van der Waals surface area contributed by atoms with Gasteiger partial charge in [-0.3, -0.25) is 9.59 Å². The Kier molecular flexibility index (Phi) is 14.7. The molecule has 12 nitrogen and oxygen atoms in total. The van der Waals surface area contributed by atoms with Crippen LogP contribution in [-0.2, 0) is 46.5 Å². The van der Waals surface area contributed by atoms with Gasteiger partial charge < -0.3 is 29.1 Å². The zero-order chi connectivity index (χ0) is 32.8. The van der Waals surface area contributed by atoms with Crippen LogP contribution in [0.1, 0.15) is 39.2 Å². The highest BCUT2D eigenvalue weighted by molar-refractivity contribution is 8.07. The summed E-state index contributed by atoms with van der Waals surface area (Å²) in [6, 6.07) is 16.0. The zero-order valence-corrected chi connectivity index (χ0v) is 28.9. The lowest BCUT2D eigenvalue weighted by molar-refractivity contribution is -0.148. The van der Waals surface area contributed by atoms with Crippen LogP contribution in [0.2, 0.25) is 0 Å². The van der Waals surface area contributed by atoms with Crippen molar-refractivity contribution in [2.45, 2.75) is 40.0 Å². The number of nitrogens with one attached hydrogen (secondary N) is 1. The number of benzene rings is 2. The molecule has 2 saturated heterocycles. The number of carbonyl (C=O) groups excluding carboxylic acids is 2. The molecule has 2 aliphatic heterocycles. The molecule has 2 aliphatic rings. The van der Waals surface area contributed by atoms with Gasteiger partial charge in [-0.2, -0.15) is 10.1 Å². The van der Waals surface area contributed by atoms with Crippen molar-refractivity contribution in [3.8, 4) is 5.75 Å². The van der Waals surface area contributed by atoms with Crippen LogP contribution >= 0.6 is 6.72 Å². The number of esters is 2. The smallest absolute Gasteiger partial charge is 0.414 e. The van der Waals surface area contributed by atoms with Gasteiger partial charge in [0.05, 0.1) is 26.1 Å². The van der Waals surface area contributed by atoms with Crippen LogP contribution in [0.15, 0.2) is 48.5 Å². The van der Waals surface area contributed by atoms with Gasteiger partial charge in [0.25, 0.3) is 0 Å². The van der Waals surface area contributed by atoms with Crippen molar-refractivity contribution in [3.05, 3.63) is 54.1 Å². The molecule has 2 aromatic carbocycles. The van der Waals surface area contributed by atoms with Crippen LogP contribution in [0.25, 0.3) is 0 Å². The van der Waals surface area contributed by atoms with Crippen LogP contribution in [0, 0.1) is 0 Å². The average molecular weight is 678 g/mol. The van der Waals surface area contributed by atoms with Crippen molar-refractivity contribution in [1.82, 2.24) is 19.9 Å². The minimum atomic E-state index is -3.31. The van der Waals surface area contributed by atoms with Crippen molar-refractivity contribution in [2.24, 2.45) is 0 Å². The predicted molar refractivity (Wildman–Crippen MR) is 181 cm³/mol. The zero-order valence-electron chi connectivity index (χ0n) is 27.2. The van der Waals surface area contributed by atoms with Crippen LogP contribution in [0.4, 0.5) is 11.4 Å². The number of anilines is 2. The minimum Gasteiger partial charge on any atom is -0.466 e. The fourth-order valence-corrected chi connectivity index (χ4v) is 7.28. The molecule has 0 spiro atoms. The first-order valence-corrected chi connectivity index (χ1v) is 18.7. The largest absolute Gasteiger partial charge is 0.466 e. The highest BCUT2D eigenvalue weighted by Crippen LogP contribution is 2.52. The Balaban J connectivity index is 1.35. The monoisotopic (exact) mass is 677 g/mol. The van der Waals surface area contributed by atoms with Gasteiger partial charge >= 0.3 is 18.7 Å². The SMILES string of the molecule is CCOC(=O)CCN1CCN(OP(=S)(Oc2ccc(Nc3ccc(CC)cc3)cc2)ON2CCN(CCC(=O)OCC)CC2)CC1. The molecule has 4 rings (SSSR count). The van der Waals surface area contributed by atoms with Gasteiger partial charge in [-0.15, -0.1) is 0 Å². The Labute approximate surface area is 278 Å². The lowest BCUT2D eigenvalue weighted by Crippen LogP contribution is -2.48. The molecule has 0 atom stereocenters. The lowest BCUT2D eigenvalue weighted by atomic mass is 10.1. The van der Waals surface area contributed by atoms with E-state index in [1.54, 1.807) is 0 Å². The van der Waals surface area contributed by atoms with Gasteiger partial charge in [0.15, 0.2) is 0 Å². The summed E-state index contributed by atoms with van der Waals surface area (Å²) >= 11 is 5.99. The lowest BCUT2D eigenvalue weighted by Gasteiger charge is -2.38. The maximum absolute atomic E-state index is 11.8. The van der Waals surface area contributed by atoms with Gasteiger partial charge in [-0.05, 0) is 62.2 Å². The Morgan fingerprint density at radius 2 is 1.13 bits per heavy atom. The molecule has 2 heterocycles. The van der Waals surface area contributed by atoms with E-state index in [9.17, 15) is 9.59 Å². The summed E-state index contributed by atoms with van der Waals surface area (Å²) in [5.74, 6) is 0.182. The third kappa shape index (κ3) is 12.2. The van der Waals surface area contributed by atoms with Crippen molar-refractivity contribution >= 4 is 41.8 Å². The van der Waals surface area contributed by atoms with Crippen molar-refractivity contribution in [3.63, 3.8) is 0 Å². The van der Waals surface area contributed by atoms with Crippen molar-refractivity contribution in [2.75, 3.05) is 84.0 Å². The molecule has 0 amide bonds. The van der Waals surface area contributed by atoms with E-state index < -0.39 is 6.72 Å². The Morgan fingerprint density at radius 1 is 0.696 bits per heavy atom. The van der Waals surface area contributed by atoms with Gasteiger partial charge in [-0.1, -0.05) is 19.1 Å². The Bertz CT molecular complexity index is 1220. The summed E-state index contributed by atoms with van der Waals surface area (Å²) in [6.45, 7) is 9.74. The molecule has 46 heavy (non-hydrogen) atoms. The van der Waals surface area contributed by atoms with E-state index in [1.807, 2.05) is 48.2 Å². The third-order valence-electron chi connectivity index (χ3n) is 7.69. The average Bonchev–Trinajstić information content (AvgIpc) is 3.05. The molecule has 0 bridgehead atoms. The summed E-state index contributed by atoms with van der Waals surface area (Å²) in [4.78, 5) is 28.0. The van der Waals surface area contributed by atoms with Crippen LogP contribution in [-0.4, -0.2) is 111 Å². The molecule has 0 aliphatic carbocycles. The second-order valence-electron chi connectivity index (χ2n) is 11.1. The summed E-state index contributed by atoms with van der Waals surface area (Å²) in [5, 5.41) is 7.04. The van der Waals surface area contributed by atoms with E-state index in [1.165, 1.54) is 5.56 Å². The Hall–Kier alpha value is -2.61. The molecule has 254 valence electrons. The maximum Gasteiger partial charge on any atom is 0.414 e. The minimum absolute atomic E-state index is 0.185. The van der Waals surface area contributed by atoms with Gasteiger partial charge in [0.2, 0.25) is 0 Å². The number of aryl methyl sites for hydroxylation is 1. The number of ether oxygens (including phenoxy) is 2. The normalized spacial score (nSPS) is 17.0. The highest BCUT2D eigenvalue weighted by atomic mass is 32.5. The number of hydrogen-bond donors (Lipinski definition) is 1. The Morgan fingerprint density at radius 3 is 1.54 bits per heavy atom. The van der Waals surface area contributed by atoms with E-state index in [-0.39, 0.29) is 11.9 Å². The van der Waals surface area contributed by atoms with E-state index in [0.717, 1.165) is 17.8 Å². The molecule has 14 heteroatoms. The molecule has 0 radical (unpaired) electrons. The van der Waals surface area contributed by atoms with Crippen molar-refractivity contribution < 1.29 is 32.8 Å². The van der Waals surface area contributed by atoms with E-state index in [2.05, 4.69) is 46.3 Å². The maximum atomic E-state index is 11.8. The number of piperazine rings is 2. The third-order valence-corrected chi connectivity index (χ3v) is 9.61. The molecular formula is C32H48N5O7PS. The molecule has 2 aromatic rings. The molecule has 0 aromatic heterocycles. The van der Waals surface area contributed by atoms with Gasteiger partial charge in [0.1, 0.15) is 5.75 Å². The molecular weight excluding hydrogens is 629 g/mol. The standard InChI is InChI=1S/C32H48N5O7PS/c1-4-27-7-9-28(10-8-27)33-29-11-13-30(14-12-29)42-45(46,43-36-23-19-34(20-24-36)17-15-31(38)40-5-2)44-37-25-21-35(22-26-37)18-16-32(39)41-6-3/h7-14,33H,4-6,15-26H2,1-3H3. The summed E-state index contributed by atoms with van der Waals surface area (Å²) in [7, 11) is 0. The van der Waals surface area contributed by atoms with Gasteiger partial charge in [-0.25, -0.2) is 9.25 Å². The summed E-state index contributed by atoms with van der Waals surface area (Å²) < 4.78 is 29.1. The molecule has 0 unspecified atom stereocenters. The fourth-order valence-electron chi connectivity index (χ4n) is 5.08.